The SMILES string of the molecule is CNC(=O)c1cnc2[nH]ccc2c1NN1CCC[C@H](C(=O)CCC(F)(F)F)C1. The number of piperidine rings is 1. The molecule has 3 rings (SSSR count). The van der Waals surface area contributed by atoms with Crippen molar-refractivity contribution in [2.45, 2.75) is 31.9 Å². The molecule has 0 spiro atoms. The highest BCUT2D eigenvalue weighted by molar-refractivity contribution is 6.06. The second kappa shape index (κ2) is 8.17. The van der Waals surface area contributed by atoms with E-state index in [2.05, 4.69) is 20.7 Å². The van der Waals surface area contributed by atoms with Gasteiger partial charge in [-0.15, -0.1) is 0 Å². The molecule has 1 amide bonds. The number of fused-ring (bicyclic) bond motifs is 1. The number of hydrogen-bond donors (Lipinski definition) is 3. The molecule has 3 N–H and O–H groups in total. The van der Waals surface area contributed by atoms with Crippen LogP contribution in [-0.2, 0) is 4.79 Å². The number of carbonyl (C=O) groups excluding carboxylic acids is 2. The van der Waals surface area contributed by atoms with Gasteiger partial charge in [-0.1, -0.05) is 0 Å². The number of anilines is 1. The zero-order valence-corrected chi connectivity index (χ0v) is 15.4. The number of pyridine rings is 1. The van der Waals surface area contributed by atoms with E-state index in [0.29, 0.717) is 41.7 Å². The van der Waals surface area contributed by atoms with E-state index in [4.69, 9.17) is 0 Å². The van der Waals surface area contributed by atoms with Gasteiger partial charge in [0.2, 0.25) is 0 Å². The quantitative estimate of drug-likeness (QED) is 0.697. The average Bonchev–Trinajstić information content (AvgIpc) is 3.14. The summed E-state index contributed by atoms with van der Waals surface area (Å²) in [6.07, 6.45) is -1.53. The van der Waals surface area contributed by atoms with Crippen molar-refractivity contribution in [3.63, 3.8) is 0 Å². The summed E-state index contributed by atoms with van der Waals surface area (Å²) in [6.45, 7) is 0.905. The molecule has 0 radical (unpaired) electrons. The number of rotatable bonds is 6. The number of amides is 1. The van der Waals surface area contributed by atoms with Crippen molar-refractivity contribution in [2.24, 2.45) is 5.92 Å². The summed E-state index contributed by atoms with van der Waals surface area (Å²) in [4.78, 5) is 31.6. The molecular formula is C18H22F3N5O2. The number of hydrogen-bond acceptors (Lipinski definition) is 5. The molecule has 0 saturated carbocycles. The largest absolute Gasteiger partial charge is 0.389 e. The Kier molecular flexibility index (Phi) is 5.87. The Morgan fingerprint density at radius 3 is 2.89 bits per heavy atom. The molecule has 3 heterocycles. The summed E-state index contributed by atoms with van der Waals surface area (Å²) in [5, 5.41) is 5.07. The Balaban J connectivity index is 1.75. The molecule has 1 aliphatic heterocycles. The van der Waals surface area contributed by atoms with E-state index in [1.165, 1.54) is 13.2 Å². The van der Waals surface area contributed by atoms with Gasteiger partial charge in [0, 0.05) is 50.3 Å². The third-order valence-electron chi connectivity index (χ3n) is 4.86. The van der Waals surface area contributed by atoms with Crippen molar-refractivity contribution in [2.75, 3.05) is 25.6 Å². The summed E-state index contributed by atoms with van der Waals surface area (Å²) in [5.74, 6) is -1.15. The number of nitrogens with zero attached hydrogens (tertiary/aromatic N) is 2. The normalized spacial score (nSPS) is 18.2. The first-order valence-electron chi connectivity index (χ1n) is 9.07. The number of alkyl halides is 3. The molecule has 0 unspecified atom stereocenters. The lowest BCUT2D eigenvalue weighted by molar-refractivity contribution is -0.145. The molecule has 0 aromatic carbocycles. The van der Waals surface area contributed by atoms with Crippen molar-refractivity contribution in [1.29, 1.82) is 0 Å². The van der Waals surface area contributed by atoms with Crippen molar-refractivity contribution < 1.29 is 22.8 Å². The minimum absolute atomic E-state index is 0.290. The maximum absolute atomic E-state index is 12.4. The van der Waals surface area contributed by atoms with E-state index in [1.54, 1.807) is 17.3 Å². The van der Waals surface area contributed by atoms with Gasteiger partial charge in [0.25, 0.3) is 5.91 Å². The number of hydrazine groups is 1. The zero-order valence-electron chi connectivity index (χ0n) is 15.4. The summed E-state index contributed by atoms with van der Waals surface area (Å²) < 4.78 is 37.2. The Morgan fingerprint density at radius 1 is 1.39 bits per heavy atom. The predicted molar refractivity (Wildman–Crippen MR) is 97.7 cm³/mol. The van der Waals surface area contributed by atoms with E-state index >= 15 is 0 Å². The lowest BCUT2D eigenvalue weighted by Crippen LogP contribution is -2.42. The van der Waals surface area contributed by atoms with Crippen LogP contribution in [0.4, 0.5) is 18.9 Å². The molecule has 0 aliphatic carbocycles. The monoisotopic (exact) mass is 397 g/mol. The van der Waals surface area contributed by atoms with Crippen LogP contribution in [0.5, 0.6) is 0 Å². The van der Waals surface area contributed by atoms with Crippen LogP contribution >= 0.6 is 0 Å². The van der Waals surface area contributed by atoms with E-state index in [1.807, 2.05) is 0 Å². The summed E-state index contributed by atoms with van der Waals surface area (Å²) in [6, 6.07) is 1.78. The first-order valence-corrected chi connectivity index (χ1v) is 9.07. The number of aromatic amines is 1. The van der Waals surface area contributed by atoms with Crippen LogP contribution in [0, 0.1) is 5.92 Å². The molecule has 152 valence electrons. The van der Waals surface area contributed by atoms with Crippen LogP contribution in [-0.4, -0.2) is 53.0 Å². The maximum atomic E-state index is 12.4. The number of halogens is 3. The third kappa shape index (κ3) is 4.61. The number of aromatic nitrogens is 2. The number of Topliss-reactive ketones (excluding diaryl/α,β-unsaturated/α-hetero) is 1. The molecule has 1 aliphatic rings. The number of H-pyrrole nitrogens is 1. The van der Waals surface area contributed by atoms with Crippen molar-refractivity contribution in [3.05, 3.63) is 24.0 Å². The molecule has 7 nitrogen and oxygen atoms in total. The summed E-state index contributed by atoms with van der Waals surface area (Å²) >= 11 is 0. The predicted octanol–water partition coefficient (Wildman–Crippen LogP) is 2.87. The molecule has 2 aromatic heterocycles. The minimum Gasteiger partial charge on any atom is -0.355 e. The van der Waals surface area contributed by atoms with Gasteiger partial charge in [-0.25, -0.2) is 9.99 Å². The third-order valence-corrected chi connectivity index (χ3v) is 4.86. The minimum atomic E-state index is -4.33. The zero-order chi connectivity index (χ0) is 20.3. The topological polar surface area (TPSA) is 90.1 Å². The van der Waals surface area contributed by atoms with Crippen LogP contribution < -0.4 is 10.7 Å². The van der Waals surface area contributed by atoms with Crippen LogP contribution in [0.1, 0.15) is 36.0 Å². The van der Waals surface area contributed by atoms with Gasteiger partial charge in [-0.2, -0.15) is 13.2 Å². The second-order valence-electron chi connectivity index (χ2n) is 6.84. The molecule has 28 heavy (non-hydrogen) atoms. The molecular weight excluding hydrogens is 375 g/mol. The van der Waals surface area contributed by atoms with E-state index in [9.17, 15) is 22.8 Å². The van der Waals surface area contributed by atoms with Gasteiger partial charge in [0.15, 0.2) is 0 Å². The van der Waals surface area contributed by atoms with Gasteiger partial charge in [-0.05, 0) is 18.9 Å². The first kappa shape index (κ1) is 20.1. The Morgan fingerprint density at radius 2 is 2.18 bits per heavy atom. The Hall–Kier alpha value is -2.62. The second-order valence-corrected chi connectivity index (χ2v) is 6.84. The van der Waals surface area contributed by atoms with Crippen molar-refractivity contribution >= 4 is 28.4 Å². The Bertz CT molecular complexity index is 865. The maximum Gasteiger partial charge on any atom is 0.389 e. The molecule has 1 atom stereocenters. The fraction of sp³-hybridized carbons (Fsp3) is 0.500. The van der Waals surface area contributed by atoms with Gasteiger partial charge < -0.3 is 15.7 Å². The van der Waals surface area contributed by atoms with Crippen molar-refractivity contribution in [1.82, 2.24) is 20.3 Å². The van der Waals surface area contributed by atoms with Gasteiger partial charge in [0.05, 0.1) is 17.7 Å². The van der Waals surface area contributed by atoms with Crippen LogP contribution in [0.3, 0.4) is 0 Å². The standard InChI is InChI=1S/C18H22F3N5O2/c1-22-17(28)13-9-24-16-12(5-7-23-16)15(13)25-26-8-2-3-11(10-26)14(27)4-6-18(19,20)21/h5,7,9,11H,2-4,6,8,10H2,1H3,(H,22,28)(H2,23,24,25)/t11-/m0/s1. The molecule has 2 aromatic rings. The Labute approximate surface area is 159 Å². The summed E-state index contributed by atoms with van der Waals surface area (Å²) in [5.41, 5.74) is 4.69. The number of ketones is 1. The average molecular weight is 397 g/mol. The van der Waals surface area contributed by atoms with E-state index in [-0.39, 0.29) is 18.2 Å². The van der Waals surface area contributed by atoms with Gasteiger partial charge >= 0.3 is 6.18 Å². The molecule has 1 saturated heterocycles. The molecule has 10 heteroatoms. The van der Waals surface area contributed by atoms with Crippen LogP contribution in [0.2, 0.25) is 0 Å². The first-order chi connectivity index (χ1) is 13.3. The number of nitrogens with one attached hydrogen (secondary N) is 3. The fourth-order valence-electron chi connectivity index (χ4n) is 3.40. The van der Waals surface area contributed by atoms with Crippen LogP contribution in [0.15, 0.2) is 18.5 Å². The number of carbonyl (C=O) groups is 2. The van der Waals surface area contributed by atoms with Crippen molar-refractivity contribution in [3.8, 4) is 0 Å². The molecule has 0 bridgehead atoms. The smallest absolute Gasteiger partial charge is 0.355 e. The highest BCUT2D eigenvalue weighted by Crippen LogP contribution is 2.29. The fourth-order valence-corrected chi connectivity index (χ4v) is 3.40. The highest BCUT2D eigenvalue weighted by atomic mass is 19.4. The van der Waals surface area contributed by atoms with E-state index in [0.717, 1.165) is 0 Å². The lowest BCUT2D eigenvalue weighted by Gasteiger charge is -2.33. The van der Waals surface area contributed by atoms with Gasteiger partial charge in [-0.3, -0.25) is 9.59 Å². The van der Waals surface area contributed by atoms with Gasteiger partial charge in [0.1, 0.15) is 11.4 Å². The molecule has 1 fully saturated rings. The lowest BCUT2D eigenvalue weighted by atomic mass is 9.92. The van der Waals surface area contributed by atoms with E-state index < -0.39 is 24.9 Å². The highest BCUT2D eigenvalue weighted by Gasteiger charge is 2.32. The summed E-state index contributed by atoms with van der Waals surface area (Å²) in [7, 11) is 1.52. The van der Waals surface area contributed by atoms with Crippen LogP contribution in [0.25, 0.3) is 11.0 Å².